The fraction of sp³-hybridized carbons (Fsp3) is 0.353. The van der Waals surface area contributed by atoms with Crippen molar-refractivity contribution in [3.63, 3.8) is 0 Å². The summed E-state index contributed by atoms with van der Waals surface area (Å²) in [7, 11) is -3.57. The molecule has 0 atom stereocenters. The second-order valence-electron chi connectivity index (χ2n) is 6.33. The van der Waals surface area contributed by atoms with E-state index in [-0.39, 0.29) is 14.9 Å². The van der Waals surface area contributed by atoms with Crippen molar-refractivity contribution in [3.05, 3.63) is 47.3 Å². The molecule has 0 radical (unpaired) electrons. The molecule has 0 saturated heterocycles. The van der Waals surface area contributed by atoms with Crippen LogP contribution in [0.2, 0.25) is 0 Å². The molecule has 1 aromatic carbocycles. The fourth-order valence-electron chi connectivity index (χ4n) is 1.94. The zero-order valence-electron chi connectivity index (χ0n) is 14.4. The molecule has 0 fully saturated rings. The number of amides is 1. The van der Waals surface area contributed by atoms with Crippen LogP contribution in [0.4, 0.5) is 5.69 Å². The van der Waals surface area contributed by atoms with Gasteiger partial charge >= 0.3 is 0 Å². The third-order valence-corrected chi connectivity index (χ3v) is 7.13. The summed E-state index contributed by atoms with van der Waals surface area (Å²) in [5.74, 6) is 0.677. The summed E-state index contributed by atoms with van der Waals surface area (Å²) in [6.45, 7) is 6.99. The normalized spacial score (nSPS) is 12.0. The SMILES string of the molecule is CC(C)(C)SCCNC(=O)c1ccc(NS(=O)(=O)c2cccs2)cc1. The van der Waals surface area contributed by atoms with Crippen LogP contribution in [0, 0.1) is 0 Å². The van der Waals surface area contributed by atoms with Crippen molar-refractivity contribution in [2.24, 2.45) is 0 Å². The van der Waals surface area contributed by atoms with Gasteiger partial charge in [-0.1, -0.05) is 26.8 Å². The first kappa shape index (κ1) is 19.8. The number of hydrogen-bond acceptors (Lipinski definition) is 5. The molecular weight excluding hydrogens is 376 g/mol. The van der Waals surface area contributed by atoms with Crippen LogP contribution in [0.1, 0.15) is 31.1 Å². The van der Waals surface area contributed by atoms with Crippen molar-refractivity contribution in [1.29, 1.82) is 0 Å². The predicted octanol–water partition coefficient (Wildman–Crippen LogP) is 3.81. The first-order valence-corrected chi connectivity index (χ1v) is 11.1. The van der Waals surface area contributed by atoms with Crippen LogP contribution < -0.4 is 10.0 Å². The lowest BCUT2D eigenvalue weighted by Gasteiger charge is -2.17. The third kappa shape index (κ3) is 6.37. The van der Waals surface area contributed by atoms with E-state index >= 15 is 0 Å². The fourth-order valence-corrected chi connectivity index (χ4v) is 4.80. The highest BCUT2D eigenvalue weighted by molar-refractivity contribution is 8.00. The molecule has 0 aliphatic carbocycles. The Hall–Kier alpha value is -1.51. The van der Waals surface area contributed by atoms with Crippen molar-refractivity contribution >= 4 is 44.7 Å². The lowest BCUT2D eigenvalue weighted by Crippen LogP contribution is -2.26. The van der Waals surface area contributed by atoms with Crippen molar-refractivity contribution in [1.82, 2.24) is 5.32 Å². The van der Waals surface area contributed by atoms with Crippen LogP contribution in [-0.4, -0.2) is 31.4 Å². The molecular formula is C17H22N2O3S3. The van der Waals surface area contributed by atoms with Crippen LogP contribution >= 0.6 is 23.1 Å². The lowest BCUT2D eigenvalue weighted by atomic mass is 10.2. The van der Waals surface area contributed by atoms with Gasteiger partial charge in [0.1, 0.15) is 4.21 Å². The van der Waals surface area contributed by atoms with E-state index in [1.165, 1.54) is 0 Å². The van der Waals surface area contributed by atoms with Gasteiger partial charge in [0, 0.05) is 28.3 Å². The molecule has 25 heavy (non-hydrogen) atoms. The maximum Gasteiger partial charge on any atom is 0.271 e. The summed E-state index contributed by atoms with van der Waals surface area (Å²) in [6.07, 6.45) is 0. The Morgan fingerprint density at radius 1 is 1.16 bits per heavy atom. The number of thioether (sulfide) groups is 1. The number of anilines is 1. The highest BCUT2D eigenvalue weighted by atomic mass is 32.2. The Balaban J connectivity index is 1.90. The smallest absolute Gasteiger partial charge is 0.271 e. The third-order valence-electron chi connectivity index (χ3n) is 3.08. The molecule has 0 aliphatic heterocycles. The molecule has 136 valence electrons. The average Bonchev–Trinajstić information content (AvgIpc) is 3.06. The lowest BCUT2D eigenvalue weighted by molar-refractivity contribution is 0.0956. The molecule has 1 heterocycles. The highest BCUT2D eigenvalue weighted by Gasteiger charge is 2.15. The molecule has 1 amide bonds. The van der Waals surface area contributed by atoms with Gasteiger partial charge in [-0.05, 0) is 35.7 Å². The second kappa shape index (κ2) is 8.25. The van der Waals surface area contributed by atoms with Crippen molar-refractivity contribution in [2.75, 3.05) is 17.0 Å². The zero-order chi connectivity index (χ0) is 18.5. The van der Waals surface area contributed by atoms with Gasteiger partial charge in [0.05, 0.1) is 0 Å². The minimum atomic E-state index is -3.57. The van der Waals surface area contributed by atoms with Gasteiger partial charge in [0.2, 0.25) is 0 Å². The summed E-state index contributed by atoms with van der Waals surface area (Å²) in [4.78, 5) is 12.1. The molecule has 8 heteroatoms. The monoisotopic (exact) mass is 398 g/mol. The van der Waals surface area contributed by atoms with Crippen LogP contribution in [0.15, 0.2) is 46.0 Å². The Labute approximate surface area is 157 Å². The van der Waals surface area contributed by atoms with Crippen molar-refractivity contribution in [2.45, 2.75) is 29.7 Å². The van der Waals surface area contributed by atoms with Gasteiger partial charge in [-0.25, -0.2) is 8.42 Å². The molecule has 0 unspecified atom stereocenters. The van der Waals surface area contributed by atoms with Crippen LogP contribution in [0.25, 0.3) is 0 Å². The van der Waals surface area contributed by atoms with Crippen molar-refractivity contribution < 1.29 is 13.2 Å². The summed E-state index contributed by atoms with van der Waals surface area (Å²) in [5.41, 5.74) is 0.924. The van der Waals surface area contributed by atoms with Gasteiger partial charge in [0.15, 0.2) is 0 Å². The van der Waals surface area contributed by atoms with Gasteiger partial charge in [-0.2, -0.15) is 11.8 Å². The Bertz CT molecular complexity index is 793. The minimum Gasteiger partial charge on any atom is -0.351 e. The zero-order valence-corrected chi connectivity index (χ0v) is 16.9. The van der Waals surface area contributed by atoms with Gasteiger partial charge in [-0.3, -0.25) is 9.52 Å². The molecule has 2 aromatic rings. The molecule has 5 nitrogen and oxygen atoms in total. The number of thiophene rings is 1. The largest absolute Gasteiger partial charge is 0.351 e. The summed E-state index contributed by atoms with van der Waals surface area (Å²) < 4.78 is 27.2. The van der Waals surface area contributed by atoms with Crippen LogP contribution in [-0.2, 0) is 10.0 Å². The summed E-state index contributed by atoms with van der Waals surface area (Å²) >= 11 is 2.94. The molecule has 1 aromatic heterocycles. The van der Waals surface area contributed by atoms with E-state index in [9.17, 15) is 13.2 Å². The van der Waals surface area contributed by atoms with Crippen molar-refractivity contribution in [3.8, 4) is 0 Å². The minimum absolute atomic E-state index is 0.165. The average molecular weight is 399 g/mol. The Morgan fingerprint density at radius 2 is 1.84 bits per heavy atom. The number of carbonyl (C=O) groups is 1. The molecule has 0 aliphatic rings. The Kier molecular flexibility index (Phi) is 6.53. The van der Waals surface area contributed by atoms with Gasteiger partial charge in [-0.15, -0.1) is 11.3 Å². The number of rotatable bonds is 7. The summed E-state index contributed by atoms with van der Waals surface area (Å²) in [5, 5.41) is 4.57. The van der Waals surface area contributed by atoms with E-state index in [4.69, 9.17) is 0 Å². The number of hydrogen-bond donors (Lipinski definition) is 2. The van der Waals surface area contributed by atoms with Crippen LogP contribution in [0.3, 0.4) is 0 Å². The van der Waals surface area contributed by atoms with E-state index in [1.807, 2.05) is 0 Å². The number of carbonyl (C=O) groups excluding carboxylic acids is 1. The topological polar surface area (TPSA) is 75.3 Å². The van der Waals surface area contributed by atoms with Crippen LogP contribution in [0.5, 0.6) is 0 Å². The maximum atomic E-state index is 12.2. The quantitative estimate of drug-likeness (QED) is 0.696. The number of benzene rings is 1. The number of nitrogens with one attached hydrogen (secondary N) is 2. The second-order valence-corrected chi connectivity index (χ2v) is 11.1. The molecule has 0 bridgehead atoms. The van der Waals surface area contributed by atoms with E-state index in [0.717, 1.165) is 17.1 Å². The standard InChI is InChI=1S/C17H22N2O3S3/c1-17(2,3)24-12-10-18-16(20)13-6-8-14(9-7-13)19-25(21,22)15-5-4-11-23-15/h4-9,11,19H,10,12H2,1-3H3,(H,18,20). The summed E-state index contributed by atoms with van der Waals surface area (Å²) in [6, 6.07) is 9.62. The van der Waals surface area contributed by atoms with E-state index in [1.54, 1.807) is 53.5 Å². The number of sulfonamides is 1. The predicted molar refractivity (Wildman–Crippen MR) is 106 cm³/mol. The highest BCUT2D eigenvalue weighted by Crippen LogP contribution is 2.22. The first-order chi connectivity index (χ1) is 11.7. The van der Waals surface area contributed by atoms with E-state index in [2.05, 4.69) is 30.8 Å². The van der Waals surface area contributed by atoms with Gasteiger partial charge in [0.25, 0.3) is 15.9 Å². The first-order valence-electron chi connectivity index (χ1n) is 7.76. The molecule has 0 saturated carbocycles. The molecule has 0 spiro atoms. The molecule has 2 N–H and O–H groups in total. The molecule has 2 rings (SSSR count). The van der Waals surface area contributed by atoms with Gasteiger partial charge < -0.3 is 5.32 Å². The van der Waals surface area contributed by atoms with E-state index in [0.29, 0.717) is 17.8 Å². The Morgan fingerprint density at radius 3 is 2.40 bits per heavy atom. The maximum absolute atomic E-state index is 12.2. The van der Waals surface area contributed by atoms with E-state index < -0.39 is 10.0 Å².